The number of hydrogen-bond donors (Lipinski definition) is 1. The summed E-state index contributed by atoms with van der Waals surface area (Å²) >= 11 is 5.99. The fourth-order valence-electron chi connectivity index (χ4n) is 3.50. The maximum atomic E-state index is 13.0. The first-order chi connectivity index (χ1) is 15.0. The van der Waals surface area contributed by atoms with E-state index in [1.165, 1.54) is 19.3 Å². The second-order valence-corrected chi connectivity index (χ2v) is 7.40. The predicted octanol–water partition coefficient (Wildman–Crippen LogP) is 2.85. The molecule has 1 N–H and O–H groups in total. The molecule has 160 valence electrons. The van der Waals surface area contributed by atoms with Crippen molar-refractivity contribution in [1.29, 1.82) is 0 Å². The summed E-state index contributed by atoms with van der Waals surface area (Å²) in [5, 5.41) is 2.56. The molecule has 0 aliphatic carbocycles. The number of ether oxygens (including phenoxy) is 2. The van der Waals surface area contributed by atoms with Crippen molar-refractivity contribution in [2.45, 2.75) is 0 Å². The number of carbonyl (C=O) groups excluding carboxylic acids is 3. The van der Waals surface area contributed by atoms with Crippen molar-refractivity contribution in [3.05, 3.63) is 58.6 Å². The van der Waals surface area contributed by atoms with Gasteiger partial charge in [0.25, 0.3) is 11.8 Å². The van der Waals surface area contributed by atoms with Crippen LogP contribution in [0, 0.1) is 0 Å². The van der Waals surface area contributed by atoms with Crippen LogP contribution < -0.4 is 19.9 Å². The van der Waals surface area contributed by atoms with Crippen LogP contribution in [0.1, 0.15) is 5.56 Å². The van der Waals surface area contributed by atoms with E-state index in [4.69, 9.17) is 21.1 Å². The highest BCUT2D eigenvalue weighted by Crippen LogP contribution is 2.30. The lowest BCUT2D eigenvalue weighted by atomic mass is 10.1. The third-order valence-corrected chi connectivity index (χ3v) is 5.30. The predicted molar refractivity (Wildman–Crippen MR) is 116 cm³/mol. The van der Waals surface area contributed by atoms with Crippen molar-refractivity contribution >= 4 is 46.9 Å². The zero-order valence-corrected chi connectivity index (χ0v) is 17.5. The quantitative estimate of drug-likeness (QED) is 0.580. The Labute approximate surface area is 184 Å². The van der Waals surface area contributed by atoms with Crippen LogP contribution in [0.3, 0.4) is 0 Å². The molecule has 0 aromatic heterocycles. The van der Waals surface area contributed by atoms with Crippen LogP contribution in [0.15, 0.2) is 48.0 Å². The average molecular weight is 442 g/mol. The Morgan fingerprint density at radius 1 is 1.06 bits per heavy atom. The van der Waals surface area contributed by atoms with E-state index in [-0.39, 0.29) is 11.3 Å². The molecule has 2 saturated heterocycles. The van der Waals surface area contributed by atoms with Gasteiger partial charge in [-0.05, 0) is 36.4 Å². The summed E-state index contributed by atoms with van der Waals surface area (Å²) < 4.78 is 10.9. The Kier molecular flexibility index (Phi) is 5.92. The van der Waals surface area contributed by atoms with Crippen molar-refractivity contribution in [2.24, 2.45) is 0 Å². The van der Waals surface area contributed by atoms with Crippen molar-refractivity contribution in [3.8, 4) is 5.75 Å². The third kappa shape index (κ3) is 4.26. The van der Waals surface area contributed by atoms with Crippen LogP contribution in [-0.4, -0.2) is 51.3 Å². The lowest BCUT2D eigenvalue weighted by molar-refractivity contribution is -0.122. The van der Waals surface area contributed by atoms with Gasteiger partial charge in [0, 0.05) is 35.4 Å². The number of imide groups is 2. The molecule has 0 spiro atoms. The van der Waals surface area contributed by atoms with Gasteiger partial charge in [-0.2, -0.15) is 0 Å². The Hall–Kier alpha value is -3.36. The summed E-state index contributed by atoms with van der Waals surface area (Å²) in [6.45, 7) is 2.83. The summed E-state index contributed by atoms with van der Waals surface area (Å²) in [6, 6.07) is 11.0. The van der Waals surface area contributed by atoms with Gasteiger partial charge in [0.05, 0.1) is 26.0 Å². The minimum atomic E-state index is -0.830. The van der Waals surface area contributed by atoms with E-state index in [0.717, 1.165) is 23.7 Å². The second-order valence-electron chi connectivity index (χ2n) is 6.96. The van der Waals surface area contributed by atoms with Crippen LogP contribution in [0.5, 0.6) is 5.75 Å². The number of urea groups is 1. The van der Waals surface area contributed by atoms with Crippen LogP contribution in [0.2, 0.25) is 5.02 Å². The first kappa shape index (κ1) is 20.9. The molecule has 0 radical (unpaired) electrons. The van der Waals surface area contributed by atoms with Gasteiger partial charge in [0.2, 0.25) is 0 Å². The van der Waals surface area contributed by atoms with E-state index in [9.17, 15) is 14.4 Å². The fraction of sp³-hybridized carbons (Fsp3) is 0.227. The van der Waals surface area contributed by atoms with Crippen molar-refractivity contribution < 1.29 is 23.9 Å². The average Bonchev–Trinajstić information content (AvgIpc) is 2.77. The number of nitrogens with zero attached hydrogens (tertiary/aromatic N) is 2. The molecule has 4 amide bonds. The molecule has 0 atom stereocenters. The zero-order valence-electron chi connectivity index (χ0n) is 16.8. The number of halogens is 1. The van der Waals surface area contributed by atoms with Gasteiger partial charge < -0.3 is 14.4 Å². The lowest BCUT2D eigenvalue weighted by Crippen LogP contribution is -2.54. The third-order valence-electron chi connectivity index (χ3n) is 5.06. The Balaban J connectivity index is 1.68. The summed E-state index contributed by atoms with van der Waals surface area (Å²) in [5.41, 5.74) is 1.58. The van der Waals surface area contributed by atoms with Crippen molar-refractivity contribution in [1.82, 2.24) is 5.32 Å². The molecule has 2 fully saturated rings. The number of rotatable bonds is 4. The van der Waals surface area contributed by atoms with Gasteiger partial charge in [-0.1, -0.05) is 17.7 Å². The van der Waals surface area contributed by atoms with Crippen LogP contribution in [0.4, 0.5) is 16.2 Å². The zero-order chi connectivity index (χ0) is 22.0. The fourth-order valence-corrected chi connectivity index (χ4v) is 3.68. The molecule has 8 nitrogen and oxygen atoms in total. The topological polar surface area (TPSA) is 88.2 Å². The molecule has 4 rings (SSSR count). The molecule has 31 heavy (non-hydrogen) atoms. The molecule has 0 bridgehead atoms. The highest BCUT2D eigenvalue weighted by Gasteiger charge is 2.37. The van der Waals surface area contributed by atoms with Gasteiger partial charge in [0.15, 0.2) is 0 Å². The molecule has 2 aromatic rings. The van der Waals surface area contributed by atoms with Gasteiger partial charge in [0.1, 0.15) is 11.3 Å². The molecule has 2 aliphatic heterocycles. The highest BCUT2D eigenvalue weighted by molar-refractivity contribution is 6.39. The Morgan fingerprint density at radius 3 is 2.55 bits per heavy atom. The minimum absolute atomic E-state index is 0.183. The molecular formula is C22H20ClN3O5. The summed E-state index contributed by atoms with van der Waals surface area (Å²) in [4.78, 5) is 40.9. The van der Waals surface area contributed by atoms with Crippen LogP contribution in [-0.2, 0) is 14.3 Å². The molecule has 2 heterocycles. The van der Waals surface area contributed by atoms with Gasteiger partial charge in [-0.25, -0.2) is 9.69 Å². The number of nitrogens with one attached hydrogen (secondary N) is 1. The highest BCUT2D eigenvalue weighted by atomic mass is 35.5. The number of hydrogen-bond acceptors (Lipinski definition) is 6. The number of benzene rings is 2. The lowest BCUT2D eigenvalue weighted by Gasteiger charge is -2.29. The Morgan fingerprint density at radius 2 is 1.84 bits per heavy atom. The van der Waals surface area contributed by atoms with E-state index in [1.807, 2.05) is 12.1 Å². The smallest absolute Gasteiger partial charge is 0.335 e. The van der Waals surface area contributed by atoms with Gasteiger partial charge in [-0.15, -0.1) is 0 Å². The first-order valence-electron chi connectivity index (χ1n) is 9.65. The van der Waals surface area contributed by atoms with E-state index < -0.39 is 17.8 Å². The maximum absolute atomic E-state index is 13.0. The molecule has 2 aliphatic rings. The van der Waals surface area contributed by atoms with Crippen molar-refractivity contribution in [2.75, 3.05) is 43.2 Å². The SMILES string of the molecule is COc1cc(N2CCOCC2)ccc1/C=C1\C(=O)NC(=O)N(c2cccc(Cl)c2)C1=O. The molecular weight excluding hydrogens is 422 g/mol. The van der Waals surface area contributed by atoms with E-state index in [0.29, 0.717) is 29.5 Å². The maximum Gasteiger partial charge on any atom is 0.335 e. The van der Waals surface area contributed by atoms with E-state index >= 15 is 0 Å². The summed E-state index contributed by atoms with van der Waals surface area (Å²) in [6.07, 6.45) is 1.42. The normalized spacial score (nSPS) is 18.4. The van der Waals surface area contributed by atoms with Gasteiger partial charge >= 0.3 is 6.03 Å². The monoisotopic (exact) mass is 441 g/mol. The van der Waals surface area contributed by atoms with Crippen LogP contribution >= 0.6 is 11.6 Å². The largest absolute Gasteiger partial charge is 0.496 e. The number of methoxy groups -OCH3 is 1. The van der Waals surface area contributed by atoms with Gasteiger partial charge in [-0.3, -0.25) is 14.9 Å². The number of anilines is 2. The molecule has 9 heteroatoms. The first-order valence-corrected chi connectivity index (χ1v) is 10.0. The number of morpholine rings is 1. The summed E-state index contributed by atoms with van der Waals surface area (Å²) in [5.74, 6) is -1.01. The molecule has 0 unspecified atom stereocenters. The minimum Gasteiger partial charge on any atom is -0.496 e. The number of amides is 4. The van der Waals surface area contributed by atoms with E-state index in [1.54, 1.807) is 24.3 Å². The second kappa shape index (κ2) is 8.79. The molecule has 2 aromatic carbocycles. The molecule has 0 saturated carbocycles. The van der Waals surface area contributed by atoms with Crippen molar-refractivity contribution in [3.63, 3.8) is 0 Å². The number of barbiturate groups is 1. The van der Waals surface area contributed by atoms with Crippen LogP contribution in [0.25, 0.3) is 6.08 Å². The Bertz CT molecular complexity index is 1080. The van der Waals surface area contributed by atoms with E-state index in [2.05, 4.69) is 10.2 Å². The number of carbonyl (C=O) groups is 3. The summed E-state index contributed by atoms with van der Waals surface area (Å²) in [7, 11) is 1.52. The standard InChI is InChI=1S/C22H20ClN3O5/c1-30-19-13-16(25-7-9-31-10-8-25)6-5-14(19)11-18-20(27)24-22(29)26(21(18)28)17-4-2-3-15(23)12-17/h2-6,11-13H,7-10H2,1H3,(H,24,27,29)/b18-11+.